The number of halogens is 2. The largest absolute Gasteiger partial charge is 0.325 e. The third-order valence-corrected chi connectivity index (χ3v) is 5.99. The number of rotatable bonds is 2. The predicted molar refractivity (Wildman–Crippen MR) is 119 cm³/mol. The minimum Gasteiger partial charge on any atom is -0.325 e. The van der Waals surface area contributed by atoms with Crippen LogP contribution in [0.5, 0.6) is 0 Å². The molecule has 0 fully saturated rings. The molecule has 4 rings (SSSR count). The SMILES string of the molecule is N#CNC1=N[C@@H](c2ccc(Br)cc2)C2=C(N1)/C(=C/c1ccc(Br)cc1)CCC2. The minimum atomic E-state index is -0.0891. The van der Waals surface area contributed by atoms with Gasteiger partial charge < -0.3 is 5.32 Å². The molecule has 28 heavy (non-hydrogen) atoms. The second-order valence-corrected chi connectivity index (χ2v) is 8.60. The molecule has 0 saturated carbocycles. The fourth-order valence-corrected chi connectivity index (χ4v) is 4.19. The van der Waals surface area contributed by atoms with Crippen molar-refractivity contribution >= 4 is 43.9 Å². The first-order valence-corrected chi connectivity index (χ1v) is 10.7. The highest BCUT2D eigenvalue weighted by molar-refractivity contribution is 9.10. The van der Waals surface area contributed by atoms with E-state index in [9.17, 15) is 0 Å². The van der Waals surface area contributed by atoms with Crippen LogP contribution in [0.3, 0.4) is 0 Å². The highest BCUT2D eigenvalue weighted by Gasteiger charge is 2.29. The lowest BCUT2D eigenvalue weighted by molar-refractivity contribution is 0.651. The van der Waals surface area contributed by atoms with Gasteiger partial charge in [0.1, 0.15) is 6.04 Å². The first-order valence-electron chi connectivity index (χ1n) is 9.09. The van der Waals surface area contributed by atoms with E-state index in [1.807, 2.05) is 30.5 Å². The standard InChI is InChI=1S/C22H18Br2N4/c23-17-8-4-14(5-9-17)12-16-2-1-3-19-20(15-6-10-18(24)11-7-15)27-22(26-13-25)28-21(16)19/h4-12,20H,1-3H2,(H2,26,27,28)/b16-12+/t20-/m0/s1. The molecule has 4 nitrogen and oxygen atoms in total. The minimum absolute atomic E-state index is 0.0891. The molecule has 2 aromatic rings. The van der Waals surface area contributed by atoms with Gasteiger partial charge in [-0.1, -0.05) is 56.1 Å². The number of benzene rings is 2. The van der Waals surface area contributed by atoms with Crippen molar-refractivity contribution in [2.24, 2.45) is 4.99 Å². The molecule has 2 aromatic carbocycles. The van der Waals surface area contributed by atoms with Gasteiger partial charge in [0.2, 0.25) is 5.96 Å². The lowest BCUT2D eigenvalue weighted by Gasteiger charge is -2.32. The number of hydrogen-bond acceptors (Lipinski definition) is 4. The molecule has 2 aliphatic rings. The van der Waals surface area contributed by atoms with Crippen molar-refractivity contribution in [3.63, 3.8) is 0 Å². The molecule has 1 heterocycles. The molecule has 0 saturated heterocycles. The summed E-state index contributed by atoms with van der Waals surface area (Å²) in [6.45, 7) is 0. The van der Waals surface area contributed by atoms with Gasteiger partial charge in [-0.2, -0.15) is 5.26 Å². The van der Waals surface area contributed by atoms with Gasteiger partial charge in [-0.25, -0.2) is 4.99 Å². The van der Waals surface area contributed by atoms with Crippen LogP contribution in [0.2, 0.25) is 0 Å². The molecule has 140 valence electrons. The maximum Gasteiger partial charge on any atom is 0.210 e. The van der Waals surface area contributed by atoms with Crippen molar-refractivity contribution < 1.29 is 0 Å². The Bertz CT molecular complexity index is 1010. The fraction of sp³-hybridized carbons (Fsp3) is 0.182. The van der Waals surface area contributed by atoms with E-state index in [1.165, 1.54) is 11.1 Å². The van der Waals surface area contributed by atoms with Crippen molar-refractivity contribution in [3.8, 4) is 6.19 Å². The lowest BCUT2D eigenvalue weighted by Crippen LogP contribution is -2.39. The molecule has 0 radical (unpaired) electrons. The Labute approximate surface area is 181 Å². The second-order valence-electron chi connectivity index (χ2n) is 6.77. The Morgan fingerprint density at radius 3 is 2.39 bits per heavy atom. The van der Waals surface area contributed by atoms with E-state index in [1.54, 1.807) is 0 Å². The molecule has 1 atom stereocenters. The molecule has 0 bridgehead atoms. The Morgan fingerprint density at radius 1 is 1.04 bits per heavy atom. The highest BCUT2D eigenvalue weighted by atomic mass is 79.9. The molecule has 0 amide bonds. The zero-order valence-electron chi connectivity index (χ0n) is 15.0. The monoisotopic (exact) mass is 496 g/mol. The van der Waals surface area contributed by atoms with Gasteiger partial charge in [-0.05, 0) is 71.9 Å². The van der Waals surface area contributed by atoms with E-state index in [-0.39, 0.29) is 6.04 Å². The summed E-state index contributed by atoms with van der Waals surface area (Å²) in [4.78, 5) is 4.77. The Hall–Kier alpha value is -2.36. The Kier molecular flexibility index (Phi) is 5.65. The van der Waals surface area contributed by atoms with E-state index in [2.05, 4.69) is 72.8 Å². The fourth-order valence-electron chi connectivity index (χ4n) is 3.66. The van der Waals surface area contributed by atoms with Gasteiger partial charge in [0.25, 0.3) is 0 Å². The van der Waals surface area contributed by atoms with Crippen LogP contribution in [0.15, 0.2) is 79.3 Å². The third-order valence-electron chi connectivity index (χ3n) is 4.94. The molecule has 0 aromatic heterocycles. The molecule has 2 N–H and O–H groups in total. The van der Waals surface area contributed by atoms with Gasteiger partial charge in [-0.3, -0.25) is 5.32 Å². The number of nitrogens with one attached hydrogen (secondary N) is 2. The van der Waals surface area contributed by atoms with E-state index >= 15 is 0 Å². The van der Waals surface area contributed by atoms with Gasteiger partial charge in [0.15, 0.2) is 6.19 Å². The lowest BCUT2D eigenvalue weighted by atomic mass is 9.84. The third kappa shape index (κ3) is 4.06. The predicted octanol–water partition coefficient (Wildman–Crippen LogP) is 5.80. The summed E-state index contributed by atoms with van der Waals surface area (Å²) in [6.07, 6.45) is 7.29. The topological polar surface area (TPSA) is 60.2 Å². The molecular weight excluding hydrogens is 480 g/mol. The van der Waals surface area contributed by atoms with Gasteiger partial charge >= 0.3 is 0 Å². The smallest absolute Gasteiger partial charge is 0.210 e. The van der Waals surface area contributed by atoms with Crippen LogP contribution >= 0.6 is 31.9 Å². The molecule has 1 aliphatic heterocycles. The summed E-state index contributed by atoms with van der Waals surface area (Å²) < 4.78 is 2.11. The van der Waals surface area contributed by atoms with Crippen molar-refractivity contribution in [2.45, 2.75) is 25.3 Å². The van der Waals surface area contributed by atoms with Crippen LogP contribution in [0, 0.1) is 11.5 Å². The van der Waals surface area contributed by atoms with Gasteiger partial charge in [-0.15, -0.1) is 0 Å². The van der Waals surface area contributed by atoms with Crippen LogP contribution in [-0.4, -0.2) is 5.96 Å². The van der Waals surface area contributed by atoms with Crippen LogP contribution in [0.1, 0.15) is 36.4 Å². The van der Waals surface area contributed by atoms with E-state index in [0.29, 0.717) is 5.96 Å². The van der Waals surface area contributed by atoms with Crippen LogP contribution < -0.4 is 10.6 Å². The number of hydrogen-bond donors (Lipinski definition) is 2. The van der Waals surface area contributed by atoms with E-state index in [4.69, 9.17) is 10.3 Å². The van der Waals surface area contributed by atoms with Crippen molar-refractivity contribution in [1.82, 2.24) is 10.6 Å². The first kappa shape index (κ1) is 19.0. The molecule has 6 heteroatoms. The second kappa shape index (κ2) is 8.34. The summed E-state index contributed by atoms with van der Waals surface area (Å²) in [5, 5.41) is 15.2. The van der Waals surface area contributed by atoms with Gasteiger partial charge in [0, 0.05) is 14.6 Å². The van der Waals surface area contributed by atoms with Crippen molar-refractivity contribution in [1.29, 1.82) is 5.26 Å². The van der Waals surface area contributed by atoms with Crippen molar-refractivity contribution in [3.05, 3.63) is 85.4 Å². The summed E-state index contributed by atoms with van der Waals surface area (Å²) in [5.74, 6) is 0.498. The van der Waals surface area contributed by atoms with E-state index < -0.39 is 0 Å². The Balaban J connectivity index is 1.77. The first-order chi connectivity index (χ1) is 13.6. The van der Waals surface area contributed by atoms with Crippen LogP contribution in [0.4, 0.5) is 0 Å². The quantitative estimate of drug-likeness (QED) is 0.407. The number of allylic oxidation sites excluding steroid dienone is 1. The van der Waals surface area contributed by atoms with Crippen LogP contribution in [0.25, 0.3) is 6.08 Å². The normalized spacial score (nSPS) is 20.1. The summed E-state index contributed by atoms with van der Waals surface area (Å²) in [5.41, 5.74) is 5.90. The Morgan fingerprint density at radius 2 is 1.71 bits per heavy atom. The van der Waals surface area contributed by atoms with E-state index in [0.717, 1.165) is 45.0 Å². The average Bonchev–Trinajstić information content (AvgIpc) is 2.70. The molecule has 0 spiro atoms. The molecule has 1 aliphatic carbocycles. The summed E-state index contributed by atoms with van der Waals surface area (Å²) in [7, 11) is 0. The number of nitrogens with zero attached hydrogens (tertiary/aromatic N) is 2. The zero-order chi connectivity index (χ0) is 19.5. The maximum absolute atomic E-state index is 9.11. The summed E-state index contributed by atoms with van der Waals surface area (Å²) in [6, 6.07) is 16.5. The maximum atomic E-state index is 9.11. The number of aliphatic imine (C=N–C) groups is 1. The van der Waals surface area contributed by atoms with Crippen molar-refractivity contribution in [2.75, 3.05) is 0 Å². The number of nitriles is 1. The summed E-state index contributed by atoms with van der Waals surface area (Å²) >= 11 is 6.99. The van der Waals surface area contributed by atoms with Gasteiger partial charge in [0.05, 0.1) is 0 Å². The highest BCUT2D eigenvalue weighted by Crippen LogP contribution is 2.40. The van der Waals surface area contributed by atoms with Crippen LogP contribution in [-0.2, 0) is 0 Å². The average molecular weight is 498 g/mol. The zero-order valence-corrected chi connectivity index (χ0v) is 18.2. The molecule has 0 unspecified atom stereocenters. The number of guanidine groups is 1. The molecular formula is C22H18Br2N4.